The number of ether oxygens (including phenoxy) is 1. The zero-order chi connectivity index (χ0) is 15.2. The number of allylic oxidation sites excluding steroid dienone is 2. The van der Waals surface area contributed by atoms with E-state index < -0.39 is 5.97 Å². The second kappa shape index (κ2) is 6.86. The molecule has 3 nitrogen and oxygen atoms in total. The van der Waals surface area contributed by atoms with E-state index in [2.05, 4.69) is 0 Å². The summed E-state index contributed by atoms with van der Waals surface area (Å²) in [7, 11) is 0. The van der Waals surface area contributed by atoms with Crippen LogP contribution in [-0.4, -0.2) is 11.8 Å². The second-order valence-corrected chi connectivity index (χ2v) is 4.82. The Morgan fingerprint density at radius 2 is 1.57 bits per heavy atom. The van der Waals surface area contributed by atoms with Crippen LogP contribution in [-0.2, 0) is 4.74 Å². The molecule has 0 atom stereocenters. The monoisotopic (exact) mass is 300 g/mol. The minimum absolute atomic E-state index is 0.211. The molecular weight excluding hydrogens is 288 g/mol. The average Bonchev–Trinajstić information content (AvgIpc) is 2.48. The molecule has 4 heteroatoms. The third kappa shape index (κ3) is 4.29. The van der Waals surface area contributed by atoms with Crippen molar-refractivity contribution in [1.82, 2.24) is 0 Å². The zero-order valence-corrected chi connectivity index (χ0v) is 12.1. The van der Waals surface area contributed by atoms with Crippen molar-refractivity contribution < 1.29 is 14.3 Å². The zero-order valence-electron chi connectivity index (χ0n) is 11.4. The van der Waals surface area contributed by atoms with Crippen molar-refractivity contribution in [3.05, 3.63) is 82.6 Å². The van der Waals surface area contributed by atoms with Gasteiger partial charge in [-0.2, -0.15) is 0 Å². The summed E-state index contributed by atoms with van der Waals surface area (Å²) in [5.41, 5.74) is 0.915. The molecule has 0 heterocycles. The molecule has 2 aromatic rings. The molecule has 0 radical (unpaired) electrons. The molecule has 21 heavy (non-hydrogen) atoms. The molecule has 0 fully saturated rings. The summed E-state index contributed by atoms with van der Waals surface area (Å²) in [6, 6.07) is 15.1. The molecule has 0 amide bonds. The van der Waals surface area contributed by atoms with Crippen molar-refractivity contribution in [3.8, 4) is 0 Å². The van der Waals surface area contributed by atoms with Crippen LogP contribution in [0.4, 0.5) is 0 Å². The molecule has 0 aliphatic rings. The molecule has 106 valence electrons. The minimum Gasteiger partial charge on any atom is -0.428 e. The molecule has 0 spiro atoms. The Kier molecular flexibility index (Phi) is 4.90. The summed E-state index contributed by atoms with van der Waals surface area (Å²) in [5, 5.41) is 0.540. The maximum Gasteiger partial charge on any atom is 0.343 e. The van der Waals surface area contributed by atoms with Gasteiger partial charge in [0.2, 0.25) is 0 Å². The number of ketones is 1. The summed E-state index contributed by atoms with van der Waals surface area (Å²) < 4.78 is 5.13. The summed E-state index contributed by atoms with van der Waals surface area (Å²) in [6.45, 7) is 1.56. The van der Waals surface area contributed by atoms with Crippen molar-refractivity contribution in [2.24, 2.45) is 0 Å². The van der Waals surface area contributed by atoms with Gasteiger partial charge in [0.1, 0.15) is 5.76 Å². The van der Waals surface area contributed by atoms with E-state index in [1.165, 1.54) is 6.08 Å². The van der Waals surface area contributed by atoms with Gasteiger partial charge in [-0.1, -0.05) is 41.9 Å². The Bertz CT molecular complexity index is 673. The SMILES string of the molecule is CC(=CC(=O)c1ccccc1)OC(=O)c1ccc(Cl)cc1. The predicted octanol–water partition coefficient (Wildman–Crippen LogP) is 4.28. The first-order valence-corrected chi connectivity index (χ1v) is 6.69. The van der Waals surface area contributed by atoms with Crippen LogP contribution in [0.25, 0.3) is 0 Å². The van der Waals surface area contributed by atoms with Gasteiger partial charge >= 0.3 is 5.97 Å². The van der Waals surface area contributed by atoms with Gasteiger partial charge in [-0.05, 0) is 31.2 Å². The molecule has 0 N–H and O–H groups in total. The van der Waals surface area contributed by atoms with Crippen LogP contribution in [0.2, 0.25) is 5.02 Å². The van der Waals surface area contributed by atoms with E-state index in [9.17, 15) is 9.59 Å². The van der Waals surface area contributed by atoms with Gasteiger partial charge in [-0.3, -0.25) is 4.79 Å². The van der Waals surface area contributed by atoms with Gasteiger partial charge in [0, 0.05) is 16.7 Å². The van der Waals surface area contributed by atoms with Gasteiger partial charge in [0.15, 0.2) is 5.78 Å². The molecule has 0 saturated heterocycles. The van der Waals surface area contributed by atoms with Gasteiger partial charge in [-0.25, -0.2) is 4.79 Å². The second-order valence-electron chi connectivity index (χ2n) is 4.38. The molecule has 0 aliphatic carbocycles. The lowest BCUT2D eigenvalue weighted by atomic mass is 10.1. The van der Waals surface area contributed by atoms with Crippen LogP contribution >= 0.6 is 11.6 Å². The molecular formula is C17H13ClO3. The summed E-state index contributed by atoms with van der Waals surface area (Å²) in [6.07, 6.45) is 1.29. The number of esters is 1. The summed E-state index contributed by atoms with van der Waals surface area (Å²) in [4.78, 5) is 23.8. The first-order valence-electron chi connectivity index (χ1n) is 6.31. The topological polar surface area (TPSA) is 43.4 Å². The van der Waals surface area contributed by atoms with E-state index in [1.54, 1.807) is 55.5 Å². The van der Waals surface area contributed by atoms with Crippen molar-refractivity contribution in [2.75, 3.05) is 0 Å². The summed E-state index contributed by atoms with van der Waals surface area (Å²) >= 11 is 5.75. The normalized spacial score (nSPS) is 11.0. The molecule has 0 bridgehead atoms. The number of benzene rings is 2. The fraction of sp³-hybridized carbons (Fsp3) is 0.0588. The lowest BCUT2D eigenvalue weighted by Gasteiger charge is -2.04. The molecule has 0 aromatic heterocycles. The van der Waals surface area contributed by atoms with E-state index in [0.717, 1.165) is 0 Å². The Morgan fingerprint density at radius 3 is 2.19 bits per heavy atom. The predicted molar refractivity (Wildman–Crippen MR) is 81.4 cm³/mol. The highest BCUT2D eigenvalue weighted by Gasteiger charge is 2.09. The number of hydrogen-bond donors (Lipinski definition) is 0. The van der Waals surface area contributed by atoms with E-state index in [-0.39, 0.29) is 11.5 Å². The molecule has 0 unspecified atom stereocenters. The molecule has 2 rings (SSSR count). The van der Waals surface area contributed by atoms with Crippen molar-refractivity contribution in [2.45, 2.75) is 6.92 Å². The molecule has 0 saturated carbocycles. The number of carbonyl (C=O) groups is 2. The first-order chi connectivity index (χ1) is 10.1. The third-order valence-corrected chi connectivity index (χ3v) is 2.98. The molecule has 2 aromatic carbocycles. The van der Waals surface area contributed by atoms with E-state index in [1.807, 2.05) is 6.07 Å². The van der Waals surface area contributed by atoms with Crippen LogP contribution in [0.5, 0.6) is 0 Å². The fourth-order valence-corrected chi connectivity index (χ4v) is 1.82. The largest absolute Gasteiger partial charge is 0.428 e. The Labute approximate surface area is 127 Å². The lowest BCUT2D eigenvalue weighted by Crippen LogP contribution is -2.05. The number of halogens is 1. The first kappa shape index (κ1) is 15.0. The minimum atomic E-state index is -0.527. The molecule has 0 aliphatic heterocycles. The van der Waals surface area contributed by atoms with Crippen LogP contribution in [0.15, 0.2) is 66.4 Å². The average molecular weight is 301 g/mol. The van der Waals surface area contributed by atoms with Crippen molar-refractivity contribution >= 4 is 23.4 Å². The van der Waals surface area contributed by atoms with Crippen molar-refractivity contribution in [3.63, 3.8) is 0 Å². The van der Waals surface area contributed by atoms with Gasteiger partial charge in [0.05, 0.1) is 5.56 Å². The highest BCUT2D eigenvalue weighted by Crippen LogP contribution is 2.12. The Balaban J connectivity index is 2.05. The Hall–Kier alpha value is -2.39. The van der Waals surface area contributed by atoms with Gasteiger partial charge in [0.25, 0.3) is 0 Å². The number of hydrogen-bond acceptors (Lipinski definition) is 3. The van der Waals surface area contributed by atoms with Crippen LogP contribution in [0.3, 0.4) is 0 Å². The van der Waals surface area contributed by atoms with Gasteiger partial charge < -0.3 is 4.74 Å². The lowest BCUT2D eigenvalue weighted by molar-refractivity contribution is 0.0625. The number of carbonyl (C=O) groups excluding carboxylic acids is 2. The van der Waals surface area contributed by atoms with Crippen LogP contribution < -0.4 is 0 Å². The maximum atomic E-state index is 11.9. The standard InChI is InChI=1S/C17H13ClO3/c1-12(11-16(19)13-5-3-2-4-6-13)21-17(20)14-7-9-15(18)10-8-14/h2-11H,1H3. The van der Waals surface area contributed by atoms with E-state index >= 15 is 0 Å². The highest BCUT2D eigenvalue weighted by molar-refractivity contribution is 6.30. The Morgan fingerprint density at radius 1 is 0.952 bits per heavy atom. The fourth-order valence-electron chi connectivity index (χ4n) is 1.69. The smallest absolute Gasteiger partial charge is 0.343 e. The quantitative estimate of drug-likeness (QED) is 0.366. The third-order valence-electron chi connectivity index (χ3n) is 2.73. The maximum absolute atomic E-state index is 11.9. The van der Waals surface area contributed by atoms with Crippen molar-refractivity contribution in [1.29, 1.82) is 0 Å². The van der Waals surface area contributed by atoms with Gasteiger partial charge in [-0.15, -0.1) is 0 Å². The van der Waals surface area contributed by atoms with E-state index in [0.29, 0.717) is 16.1 Å². The highest BCUT2D eigenvalue weighted by atomic mass is 35.5. The van der Waals surface area contributed by atoms with E-state index in [4.69, 9.17) is 16.3 Å². The van der Waals surface area contributed by atoms with Crippen LogP contribution in [0, 0.1) is 0 Å². The summed E-state index contributed by atoms with van der Waals surface area (Å²) in [5.74, 6) is -0.498. The number of rotatable bonds is 4. The van der Waals surface area contributed by atoms with Crippen LogP contribution in [0.1, 0.15) is 27.6 Å².